The minimum Gasteiger partial charge on any atom is -0.332 e. The number of hydrogen-bond acceptors (Lipinski definition) is 3. The Balaban J connectivity index is 1.63. The number of benzene rings is 1. The average molecular weight is 354 g/mol. The first-order valence-electron chi connectivity index (χ1n) is 8.09. The van der Waals surface area contributed by atoms with Crippen LogP contribution in [0.3, 0.4) is 0 Å². The highest BCUT2D eigenvalue weighted by molar-refractivity contribution is 7.15. The maximum atomic E-state index is 12.3. The van der Waals surface area contributed by atoms with Crippen LogP contribution in [0.5, 0.6) is 0 Å². The Labute approximate surface area is 151 Å². The van der Waals surface area contributed by atoms with Crippen molar-refractivity contribution >= 4 is 27.9 Å². The van der Waals surface area contributed by atoms with E-state index in [-0.39, 0.29) is 6.03 Å². The highest BCUT2D eigenvalue weighted by Crippen LogP contribution is 2.23. The minimum atomic E-state index is -0.496. The van der Waals surface area contributed by atoms with E-state index in [1.54, 1.807) is 11.3 Å². The van der Waals surface area contributed by atoms with Crippen molar-refractivity contribution < 1.29 is 4.79 Å². The number of thiazole rings is 1. The molecule has 25 heavy (non-hydrogen) atoms. The second-order valence-electron chi connectivity index (χ2n) is 6.62. The first kappa shape index (κ1) is 17.2. The van der Waals surface area contributed by atoms with Crippen molar-refractivity contribution in [1.82, 2.24) is 20.0 Å². The van der Waals surface area contributed by atoms with Crippen molar-refractivity contribution in [3.8, 4) is 0 Å². The highest BCUT2D eigenvalue weighted by Gasteiger charge is 2.23. The summed E-state index contributed by atoms with van der Waals surface area (Å²) < 4.78 is 1.95. The van der Waals surface area contributed by atoms with Gasteiger partial charge in [-0.05, 0) is 38.0 Å². The average Bonchev–Trinajstić information content (AvgIpc) is 3.14. The van der Waals surface area contributed by atoms with E-state index in [1.807, 2.05) is 61.1 Å². The van der Waals surface area contributed by atoms with Gasteiger partial charge in [0.15, 0.2) is 4.96 Å². The largest absolute Gasteiger partial charge is 0.332 e. The van der Waals surface area contributed by atoms with E-state index in [1.165, 1.54) is 0 Å². The third-order valence-electron chi connectivity index (χ3n) is 4.08. The maximum absolute atomic E-state index is 12.3. The monoisotopic (exact) mass is 354 g/mol. The molecule has 3 aromatic rings. The lowest BCUT2D eigenvalue weighted by Crippen LogP contribution is -2.46. The number of fused-ring (bicyclic) bond motifs is 1. The Bertz CT molecular complexity index is 894. The van der Waals surface area contributed by atoms with Crippen LogP contribution in [0.2, 0.25) is 0 Å². The van der Waals surface area contributed by atoms with Crippen LogP contribution in [-0.4, -0.2) is 15.4 Å². The fourth-order valence-corrected chi connectivity index (χ4v) is 3.32. The molecule has 0 unspecified atom stereocenters. The number of carbonyl (C=O) groups is 1. The predicted octanol–water partition coefficient (Wildman–Crippen LogP) is 4.16. The molecular formula is C19H22N4OS. The zero-order valence-electron chi connectivity index (χ0n) is 14.7. The number of carbonyl (C=O) groups excluding carboxylic acids is 1. The van der Waals surface area contributed by atoms with Gasteiger partial charge in [0.25, 0.3) is 0 Å². The molecule has 1 aromatic carbocycles. The molecule has 0 aliphatic rings. The van der Waals surface area contributed by atoms with E-state index in [9.17, 15) is 4.79 Å². The Morgan fingerprint density at radius 1 is 1.40 bits per heavy atom. The van der Waals surface area contributed by atoms with Crippen LogP contribution >= 0.6 is 11.3 Å². The summed E-state index contributed by atoms with van der Waals surface area (Å²) in [5, 5.41) is 7.88. The van der Waals surface area contributed by atoms with Crippen LogP contribution in [0.1, 0.15) is 37.6 Å². The summed E-state index contributed by atoms with van der Waals surface area (Å²) in [5.74, 6) is 0. The molecule has 2 heterocycles. The third-order valence-corrected chi connectivity index (χ3v) is 4.85. The quantitative estimate of drug-likeness (QED) is 0.723. The van der Waals surface area contributed by atoms with E-state index in [0.29, 0.717) is 6.54 Å². The summed E-state index contributed by atoms with van der Waals surface area (Å²) >= 11 is 1.57. The van der Waals surface area contributed by atoms with Crippen molar-refractivity contribution in [2.45, 2.75) is 32.9 Å². The fourth-order valence-electron chi connectivity index (χ4n) is 2.61. The molecule has 0 radical (unpaired) electrons. The number of aromatic nitrogens is 2. The van der Waals surface area contributed by atoms with E-state index in [2.05, 4.69) is 28.3 Å². The van der Waals surface area contributed by atoms with E-state index in [4.69, 9.17) is 0 Å². The van der Waals surface area contributed by atoms with Crippen LogP contribution in [0.4, 0.5) is 4.79 Å². The maximum Gasteiger partial charge on any atom is 0.315 e. The van der Waals surface area contributed by atoms with E-state index >= 15 is 0 Å². The van der Waals surface area contributed by atoms with Gasteiger partial charge in [-0.15, -0.1) is 11.3 Å². The minimum absolute atomic E-state index is 0.220. The van der Waals surface area contributed by atoms with Gasteiger partial charge in [0, 0.05) is 17.8 Å². The van der Waals surface area contributed by atoms with Gasteiger partial charge < -0.3 is 10.6 Å². The van der Waals surface area contributed by atoms with Crippen molar-refractivity contribution in [3.05, 3.63) is 65.4 Å². The second-order valence-corrected chi connectivity index (χ2v) is 7.49. The van der Waals surface area contributed by atoms with Crippen LogP contribution in [0, 0.1) is 0 Å². The number of urea groups is 1. The van der Waals surface area contributed by atoms with Crippen molar-refractivity contribution in [2.75, 3.05) is 0 Å². The summed E-state index contributed by atoms with van der Waals surface area (Å²) in [7, 11) is 0. The number of amides is 2. The zero-order valence-corrected chi connectivity index (χ0v) is 15.5. The summed E-state index contributed by atoms with van der Waals surface area (Å²) in [4.78, 5) is 17.7. The SMILES string of the molecule is C=C(C)c1cccc(C(C)(C)NC(=O)NCc2cn3ccsc3n2)c1. The first-order chi connectivity index (χ1) is 11.8. The summed E-state index contributed by atoms with van der Waals surface area (Å²) in [5.41, 5.74) is 3.45. The number of imidazole rings is 1. The number of allylic oxidation sites excluding steroid dienone is 1. The van der Waals surface area contributed by atoms with Gasteiger partial charge in [-0.3, -0.25) is 4.40 Å². The van der Waals surface area contributed by atoms with E-state index < -0.39 is 5.54 Å². The second kappa shape index (κ2) is 6.72. The molecule has 3 rings (SSSR count). The third kappa shape index (κ3) is 3.91. The standard InChI is InChI=1S/C19H22N4OS/c1-13(2)14-6-5-7-15(10-14)19(3,4)22-17(24)20-11-16-12-23-8-9-25-18(23)21-16/h5-10,12H,1,11H2,2-4H3,(H2,20,22,24). The van der Waals surface area contributed by atoms with Gasteiger partial charge in [0.05, 0.1) is 17.8 Å². The van der Waals surface area contributed by atoms with Gasteiger partial charge in [0.2, 0.25) is 0 Å². The lowest BCUT2D eigenvalue weighted by Gasteiger charge is -2.27. The molecule has 5 nitrogen and oxygen atoms in total. The van der Waals surface area contributed by atoms with Gasteiger partial charge in [-0.2, -0.15) is 0 Å². The van der Waals surface area contributed by atoms with Gasteiger partial charge >= 0.3 is 6.03 Å². The molecule has 0 atom stereocenters. The van der Waals surface area contributed by atoms with Crippen molar-refractivity contribution in [1.29, 1.82) is 0 Å². The molecular weight excluding hydrogens is 332 g/mol. The number of hydrogen-bond donors (Lipinski definition) is 2. The number of nitrogens with zero attached hydrogens (tertiary/aromatic N) is 2. The van der Waals surface area contributed by atoms with Crippen LogP contribution < -0.4 is 10.6 Å². The molecule has 0 saturated carbocycles. The van der Waals surface area contributed by atoms with Crippen LogP contribution in [0.15, 0.2) is 48.6 Å². The predicted molar refractivity (Wildman–Crippen MR) is 103 cm³/mol. The van der Waals surface area contributed by atoms with Crippen molar-refractivity contribution in [2.24, 2.45) is 0 Å². The lowest BCUT2D eigenvalue weighted by molar-refractivity contribution is 0.229. The molecule has 2 N–H and O–H groups in total. The molecule has 130 valence electrons. The molecule has 0 bridgehead atoms. The Morgan fingerprint density at radius 3 is 2.92 bits per heavy atom. The smallest absolute Gasteiger partial charge is 0.315 e. The molecule has 2 amide bonds. The fraction of sp³-hybridized carbons (Fsp3) is 0.263. The first-order valence-corrected chi connectivity index (χ1v) is 8.96. The Kier molecular flexibility index (Phi) is 4.63. The number of rotatable bonds is 5. The summed E-state index contributed by atoms with van der Waals surface area (Å²) in [6.45, 7) is 10.3. The molecule has 0 spiro atoms. The van der Waals surface area contributed by atoms with Crippen molar-refractivity contribution in [3.63, 3.8) is 0 Å². The van der Waals surface area contributed by atoms with E-state index in [0.717, 1.165) is 27.4 Å². The van der Waals surface area contributed by atoms with Gasteiger partial charge in [-0.25, -0.2) is 9.78 Å². The molecule has 2 aromatic heterocycles. The Hall–Kier alpha value is -2.60. The molecule has 0 fully saturated rings. The lowest BCUT2D eigenvalue weighted by atomic mass is 9.92. The van der Waals surface area contributed by atoms with Crippen LogP contribution in [-0.2, 0) is 12.1 Å². The normalized spacial score (nSPS) is 11.5. The summed E-state index contributed by atoms with van der Waals surface area (Å²) in [6.07, 6.45) is 3.88. The molecule has 0 saturated heterocycles. The number of nitrogens with one attached hydrogen (secondary N) is 2. The molecule has 6 heteroatoms. The molecule has 0 aliphatic carbocycles. The van der Waals surface area contributed by atoms with Gasteiger partial charge in [0.1, 0.15) is 0 Å². The zero-order chi connectivity index (χ0) is 18.0. The highest BCUT2D eigenvalue weighted by atomic mass is 32.1. The van der Waals surface area contributed by atoms with Gasteiger partial charge in [-0.1, -0.05) is 30.4 Å². The Morgan fingerprint density at radius 2 is 2.20 bits per heavy atom. The van der Waals surface area contributed by atoms with Crippen LogP contribution in [0.25, 0.3) is 10.5 Å². The summed E-state index contributed by atoms with van der Waals surface area (Å²) in [6, 6.07) is 7.86. The molecule has 0 aliphatic heterocycles. The topological polar surface area (TPSA) is 58.4 Å².